The highest BCUT2D eigenvalue weighted by Gasteiger charge is 2.35. The zero-order valence-corrected chi connectivity index (χ0v) is 13.5. The Morgan fingerprint density at radius 3 is 2.88 bits per heavy atom. The zero-order chi connectivity index (χ0) is 17.2. The molecule has 2 amide bonds. The van der Waals surface area contributed by atoms with E-state index in [1.165, 1.54) is 0 Å². The van der Waals surface area contributed by atoms with Gasteiger partial charge >= 0.3 is 0 Å². The van der Waals surface area contributed by atoms with E-state index in [4.69, 9.17) is 9.47 Å². The van der Waals surface area contributed by atoms with Crippen LogP contribution >= 0.6 is 0 Å². The van der Waals surface area contributed by atoms with Gasteiger partial charge in [-0.2, -0.15) is 0 Å². The molecule has 1 fully saturated rings. The van der Waals surface area contributed by atoms with Crippen LogP contribution in [-0.4, -0.2) is 41.1 Å². The summed E-state index contributed by atoms with van der Waals surface area (Å²) in [5, 5.41) is 2.77. The number of amides is 2. The highest BCUT2D eigenvalue weighted by molar-refractivity contribution is 6.01. The van der Waals surface area contributed by atoms with Crippen molar-refractivity contribution in [2.24, 2.45) is 0 Å². The van der Waals surface area contributed by atoms with Crippen molar-refractivity contribution in [3.05, 3.63) is 48.2 Å². The standard InChI is InChI=1S/C18H17N3O4/c22-17(20-16-5-1-2-8-19-16)13-4-3-9-21(13)18(23)12-6-7-14-15(10-12)25-11-24-14/h1-2,5-8,10,13H,3-4,9,11H2,(H,19,20,22)/t13-/m1/s1. The van der Waals surface area contributed by atoms with Gasteiger partial charge in [0, 0.05) is 18.3 Å². The minimum absolute atomic E-state index is 0.159. The maximum Gasteiger partial charge on any atom is 0.254 e. The number of nitrogens with zero attached hydrogens (tertiary/aromatic N) is 2. The first-order chi connectivity index (χ1) is 12.2. The number of carbonyl (C=O) groups excluding carboxylic acids is 2. The number of rotatable bonds is 3. The Morgan fingerprint density at radius 2 is 2.04 bits per heavy atom. The number of fused-ring (bicyclic) bond motifs is 1. The summed E-state index contributed by atoms with van der Waals surface area (Å²) in [6.07, 6.45) is 3.03. The van der Waals surface area contributed by atoms with E-state index < -0.39 is 6.04 Å². The lowest BCUT2D eigenvalue weighted by atomic mass is 10.1. The molecule has 0 saturated carbocycles. The quantitative estimate of drug-likeness (QED) is 0.926. The molecular formula is C18H17N3O4. The highest BCUT2D eigenvalue weighted by Crippen LogP contribution is 2.33. The number of hydrogen-bond donors (Lipinski definition) is 1. The Balaban J connectivity index is 1.51. The summed E-state index contributed by atoms with van der Waals surface area (Å²) in [5.74, 6) is 1.26. The van der Waals surface area contributed by atoms with Crippen molar-refractivity contribution < 1.29 is 19.1 Å². The number of anilines is 1. The fourth-order valence-corrected chi connectivity index (χ4v) is 3.12. The van der Waals surface area contributed by atoms with Crippen LogP contribution in [0.5, 0.6) is 11.5 Å². The molecule has 0 bridgehead atoms. The number of carbonyl (C=O) groups is 2. The van der Waals surface area contributed by atoms with Gasteiger partial charge in [-0.25, -0.2) is 4.98 Å². The van der Waals surface area contributed by atoms with Crippen LogP contribution in [0.3, 0.4) is 0 Å². The van der Waals surface area contributed by atoms with E-state index in [9.17, 15) is 9.59 Å². The van der Waals surface area contributed by atoms with Crippen LogP contribution < -0.4 is 14.8 Å². The van der Waals surface area contributed by atoms with Gasteiger partial charge in [-0.1, -0.05) is 6.07 Å². The molecule has 0 radical (unpaired) electrons. The Labute approximate surface area is 144 Å². The van der Waals surface area contributed by atoms with Crippen LogP contribution in [0.25, 0.3) is 0 Å². The molecule has 1 atom stereocenters. The smallest absolute Gasteiger partial charge is 0.254 e. The number of aromatic nitrogens is 1. The van der Waals surface area contributed by atoms with E-state index in [0.29, 0.717) is 35.8 Å². The fourth-order valence-electron chi connectivity index (χ4n) is 3.12. The molecule has 4 rings (SSSR count). The Hall–Kier alpha value is -3.09. The largest absolute Gasteiger partial charge is 0.454 e. The minimum Gasteiger partial charge on any atom is -0.454 e. The molecule has 128 valence electrons. The molecule has 1 aromatic carbocycles. The molecule has 1 aromatic heterocycles. The number of ether oxygens (including phenoxy) is 2. The molecule has 3 heterocycles. The summed E-state index contributed by atoms with van der Waals surface area (Å²) in [7, 11) is 0. The van der Waals surface area contributed by atoms with Crippen molar-refractivity contribution in [2.75, 3.05) is 18.7 Å². The Morgan fingerprint density at radius 1 is 1.16 bits per heavy atom. The predicted octanol–water partition coefficient (Wildman–Crippen LogP) is 2.05. The second-order valence-electron chi connectivity index (χ2n) is 5.93. The monoisotopic (exact) mass is 339 g/mol. The van der Waals surface area contributed by atoms with Crippen molar-refractivity contribution in [1.82, 2.24) is 9.88 Å². The van der Waals surface area contributed by atoms with Gasteiger partial charge in [0.2, 0.25) is 12.7 Å². The average molecular weight is 339 g/mol. The van der Waals surface area contributed by atoms with Crippen molar-refractivity contribution in [3.63, 3.8) is 0 Å². The number of pyridine rings is 1. The van der Waals surface area contributed by atoms with Crippen LogP contribution in [0.15, 0.2) is 42.6 Å². The van der Waals surface area contributed by atoms with Gasteiger partial charge in [-0.3, -0.25) is 9.59 Å². The molecule has 1 saturated heterocycles. The Bertz CT molecular complexity index is 809. The second-order valence-corrected chi connectivity index (χ2v) is 5.93. The van der Waals surface area contributed by atoms with Gasteiger partial charge < -0.3 is 19.7 Å². The van der Waals surface area contributed by atoms with E-state index in [1.54, 1.807) is 47.5 Å². The van der Waals surface area contributed by atoms with Crippen molar-refractivity contribution in [1.29, 1.82) is 0 Å². The molecule has 2 aromatic rings. The molecular weight excluding hydrogens is 322 g/mol. The number of hydrogen-bond acceptors (Lipinski definition) is 5. The van der Waals surface area contributed by atoms with E-state index in [-0.39, 0.29) is 18.6 Å². The maximum absolute atomic E-state index is 12.8. The minimum atomic E-state index is -0.500. The molecule has 2 aliphatic heterocycles. The molecule has 0 unspecified atom stereocenters. The molecule has 0 aliphatic carbocycles. The highest BCUT2D eigenvalue weighted by atomic mass is 16.7. The first kappa shape index (κ1) is 15.4. The summed E-state index contributed by atoms with van der Waals surface area (Å²) in [6.45, 7) is 0.708. The van der Waals surface area contributed by atoms with Crippen LogP contribution in [0.4, 0.5) is 5.82 Å². The van der Waals surface area contributed by atoms with Crippen molar-refractivity contribution in [2.45, 2.75) is 18.9 Å². The lowest BCUT2D eigenvalue weighted by Crippen LogP contribution is -2.43. The Kier molecular flexibility index (Phi) is 3.97. The molecule has 0 spiro atoms. The van der Waals surface area contributed by atoms with Crippen LogP contribution in [0.2, 0.25) is 0 Å². The van der Waals surface area contributed by atoms with Gasteiger partial charge in [0.15, 0.2) is 11.5 Å². The van der Waals surface area contributed by atoms with Gasteiger partial charge in [0.25, 0.3) is 5.91 Å². The number of nitrogens with one attached hydrogen (secondary N) is 1. The molecule has 2 aliphatic rings. The molecule has 25 heavy (non-hydrogen) atoms. The third-order valence-electron chi connectivity index (χ3n) is 4.35. The lowest BCUT2D eigenvalue weighted by molar-refractivity contribution is -0.119. The molecule has 7 heteroatoms. The summed E-state index contributed by atoms with van der Waals surface area (Å²) >= 11 is 0. The summed E-state index contributed by atoms with van der Waals surface area (Å²) in [4.78, 5) is 31.1. The maximum atomic E-state index is 12.8. The topological polar surface area (TPSA) is 80.8 Å². The second kappa shape index (κ2) is 6.43. The van der Waals surface area contributed by atoms with Crippen LogP contribution in [-0.2, 0) is 4.79 Å². The van der Waals surface area contributed by atoms with Gasteiger partial charge in [-0.05, 0) is 43.2 Å². The summed E-state index contributed by atoms with van der Waals surface area (Å²) in [6, 6.07) is 9.87. The van der Waals surface area contributed by atoms with E-state index in [0.717, 1.165) is 6.42 Å². The fraction of sp³-hybridized carbons (Fsp3) is 0.278. The normalized spacial score (nSPS) is 18.2. The third-order valence-corrected chi connectivity index (χ3v) is 4.35. The number of benzene rings is 1. The average Bonchev–Trinajstić information content (AvgIpc) is 3.30. The molecule has 1 N–H and O–H groups in total. The lowest BCUT2D eigenvalue weighted by Gasteiger charge is -2.24. The van der Waals surface area contributed by atoms with Crippen molar-refractivity contribution in [3.8, 4) is 11.5 Å². The van der Waals surface area contributed by atoms with Crippen LogP contribution in [0, 0.1) is 0 Å². The SMILES string of the molecule is O=C(Nc1ccccn1)[C@H]1CCCN1C(=O)c1ccc2c(c1)OCO2. The summed E-state index contributed by atoms with van der Waals surface area (Å²) < 4.78 is 10.6. The zero-order valence-electron chi connectivity index (χ0n) is 13.5. The first-order valence-electron chi connectivity index (χ1n) is 8.15. The van der Waals surface area contributed by atoms with Crippen LogP contribution in [0.1, 0.15) is 23.2 Å². The van der Waals surface area contributed by atoms with Gasteiger partial charge in [0.1, 0.15) is 11.9 Å². The van der Waals surface area contributed by atoms with E-state index in [2.05, 4.69) is 10.3 Å². The van der Waals surface area contributed by atoms with Crippen molar-refractivity contribution >= 4 is 17.6 Å². The van der Waals surface area contributed by atoms with E-state index in [1.807, 2.05) is 0 Å². The van der Waals surface area contributed by atoms with Gasteiger partial charge in [-0.15, -0.1) is 0 Å². The predicted molar refractivity (Wildman–Crippen MR) is 89.5 cm³/mol. The number of likely N-dealkylation sites (tertiary alicyclic amines) is 1. The summed E-state index contributed by atoms with van der Waals surface area (Å²) in [5.41, 5.74) is 0.488. The molecule has 7 nitrogen and oxygen atoms in total. The van der Waals surface area contributed by atoms with Gasteiger partial charge in [0.05, 0.1) is 0 Å². The third kappa shape index (κ3) is 3.00. The van der Waals surface area contributed by atoms with E-state index >= 15 is 0 Å². The first-order valence-corrected chi connectivity index (χ1v) is 8.15.